The van der Waals surface area contributed by atoms with Gasteiger partial charge in [-0.15, -0.1) is 0 Å². The lowest BCUT2D eigenvalue weighted by Gasteiger charge is -2.18. The lowest BCUT2D eigenvalue weighted by molar-refractivity contribution is -0.142. The standard InChI is InChI=1S/C22H25N3O5/c1-14(21(27)30-3)24-22(28)23-13-15-4-5-16-10-11-25(19(16)12-15)20(26)17-6-8-18(29-2)9-7-17/h4-9,12,14H,10-11,13H2,1-3H3,(H2,23,24,28)/t14-/m1/s1. The minimum absolute atomic E-state index is 0.0776. The lowest BCUT2D eigenvalue weighted by atomic mass is 10.1. The third-order valence-electron chi connectivity index (χ3n) is 4.98. The van der Waals surface area contributed by atoms with Crippen LogP contribution in [-0.2, 0) is 22.5 Å². The molecular formula is C22H25N3O5. The summed E-state index contributed by atoms with van der Waals surface area (Å²) >= 11 is 0. The molecule has 0 unspecified atom stereocenters. The molecule has 2 aromatic carbocycles. The van der Waals surface area contributed by atoms with E-state index in [9.17, 15) is 14.4 Å². The molecule has 0 spiro atoms. The summed E-state index contributed by atoms with van der Waals surface area (Å²) in [5.41, 5.74) is 3.37. The minimum atomic E-state index is -0.743. The molecule has 0 aromatic heterocycles. The van der Waals surface area contributed by atoms with E-state index in [2.05, 4.69) is 15.4 Å². The number of amides is 3. The Morgan fingerprint density at radius 1 is 1.10 bits per heavy atom. The molecule has 0 radical (unpaired) electrons. The van der Waals surface area contributed by atoms with Gasteiger partial charge >= 0.3 is 12.0 Å². The van der Waals surface area contributed by atoms with Crippen LogP contribution in [-0.4, -0.2) is 44.7 Å². The SMILES string of the molecule is COC(=O)[C@@H](C)NC(=O)NCc1ccc2c(c1)N(C(=O)c1ccc(OC)cc1)CC2. The van der Waals surface area contributed by atoms with Crippen molar-refractivity contribution in [3.05, 3.63) is 59.2 Å². The van der Waals surface area contributed by atoms with Crippen molar-refractivity contribution in [2.24, 2.45) is 0 Å². The van der Waals surface area contributed by atoms with E-state index in [4.69, 9.17) is 4.74 Å². The smallest absolute Gasteiger partial charge is 0.328 e. The largest absolute Gasteiger partial charge is 0.497 e. The van der Waals surface area contributed by atoms with Gasteiger partial charge in [0.2, 0.25) is 0 Å². The average molecular weight is 411 g/mol. The van der Waals surface area contributed by atoms with Crippen LogP contribution in [0.1, 0.15) is 28.4 Å². The van der Waals surface area contributed by atoms with Gasteiger partial charge in [-0.2, -0.15) is 0 Å². The van der Waals surface area contributed by atoms with E-state index < -0.39 is 18.0 Å². The van der Waals surface area contributed by atoms with Gasteiger partial charge in [-0.05, 0) is 54.8 Å². The maximum Gasteiger partial charge on any atom is 0.328 e. The third kappa shape index (κ3) is 4.71. The van der Waals surface area contributed by atoms with Crippen LogP contribution in [0.25, 0.3) is 0 Å². The first-order valence-electron chi connectivity index (χ1n) is 9.63. The Balaban J connectivity index is 1.66. The van der Waals surface area contributed by atoms with Crippen molar-refractivity contribution in [3.8, 4) is 5.75 Å². The first kappa shape index (κ1) is 21.2. The highest BCUT2D eigenvalue weighted by molar-refractivity contribution is 6.07. The van der Waals surface area contributed by atoms with Gasteiger partial charge in [-0.25, -0.2) is 9.59 Å². The molecule has 0 bridgehead atoms. The van der Waals surface area contributed by atoms with Gasteiger partial charge in [0.25, 0.3) is 5.91 Å². The van der Waals surface area contributed by atoms with E-state index >= 15 is 0 Å². The number of urea groups is 1. The van der Waals surface area contributed by atoms with Gasteiger partial charge < -0.3 is 25.0 Å². The molecule has 30 heavy (non-hydrogen) atoms. The summed E-state index contributed by atoms with van der Waals surface area (Å²) in [4.78, 5) is 38.1. The Bertz CT molecular complexity index is 942. The molecule has 0 aliphatic carbocycles. The number of benzene rings is 2. The zero-order valence-corrected chi connectivity index (χ0v) is 17.2. The second-order valence-electron chi connectivity index (χ2n) is 6.97. The van der Waals surface area contributed by atoms with E-state index in [1.54, 1.807) is 43.2 Å². The number of carbonyl (C=O) groups is 3. The van der Waals surface area contributed by atoms with E-state index in [1.807, 2.05) is 18.2 Å². The highest BCUT2D eigenvalue weighted by Gasteiger charge is 2.26. The maximum atomic E-state index is 13.0. The maximum absolute atomic E-state index is 13.0. The zero-order valence-electron chi connectivity index (χ0n) is 17.2. The third-order valence-corrected chi connectivity index (χ3v) is 4.98. The van der Waals surface area contributed by atoms with Crippen LogP contribution in [0.2, 0.25) is 0 Å². The number of nitrogens with zero attached hydrogens (tertiary/aromatic N) is 1. The number of esters is 1. The Labute approximate surface area is 175 Å². The fraction of sp³-hybridized carbons (Fsp3) is 0.318. The van der Waals surface area contributed by atoms with Crippen molar-refractivity contribution in [2.75, 3.05) is 25.7 Å². The van der Waals surface area contributed by atoms with E-state index in [0.29, 0.717) is 17.9 Å². The summed E-state index contributed by atoms with van der Waals surface area (Å²) in [5.74, 6) is 0.100. The summed E-state index contributed by atoms with van der Waals surface area (Å²) in [6.45, 7) is 2.41. The van der Waals surface area contributed by atoms with E-state index in [0.717, 1.165) is 23.2 Å². The molecule has 8 nitrogen and oxygen atoms in total. The molecule has 0 fully saturated rings. The number of rotatable bonds is 6. The number of hydrogen-bond donors (Lipinski definition) is 2. The van der Waals surface area contributed by atoms with Crippen LogP contribution >= 0.6 is 0 Å². The minimum Gasteiger partial charge on any atom is -0.497 e. The van der Waals surface area contributed by atoms with Crippen LogP contribution in [0.15, 0.2) is 42.5 Å². The molecule has 1 aliphatic rings. The van der Waals surface area contributed by atoms with Gasteiger partial charge in [-0.1, -0.05) is 12.1 Å². The highest BCUT2D eigenvalue weighted by atomic mass is 16.5. The molecule has 1 aliphatic heterocycles. The average Bonchev–Trinajstić information content (AvgIpc) is 3.19. The molecule has 0 saturated carbocycles. The highest BCUT2D eigenvalue weighted by Crippen LogP contribution is 2.30. The number of anilines is 1. The molecule has 158 valence electrons. The van der Waals surface area contributed by atoms with Crippen molar-refractivity contribution in [1.82, 2.24) is 10.6 Å². The molecular weight excluding hydrogens is 386 g/mol. The van der Waals surface area contributed by atoms with Gasteiger partial charge in [0.1, 0.15) is 11.8 Å². The normalized spacial score (nSPS) is 13.2. The lowest BCUT2D eigenvalue weighted by Crippen LogP contribution is -2.44. The van der Waals surface area contributed by atoms with Gasteiger partial charge in [0.05, 0.1) is 14.2 Å². The summed E-state index contributed by atoms with van der Waals surface area (Å²) < 4.78 is 9.73. The monoisotopic (exact) mass is 411 g/mol. The summed E-state index contributed by atoms with van der Waals surface area (Å²) in [6, 6.07) is 11.6. The van der Waals surface area contributed by atoms with Crippen LogP contribution in [0.3, 0.4) is 0 Å². The van der Waals surface area contributed by atoms with E-state index in [-0.39, 0.29) is 12.5 Å². The Kier molecular flexibility index (Phi) is 6.56. The molecule has 0 saturated heterocycles. The molecule has 2 aromatic rings. The van der Waals surface area contributed by atoms with E-state index in [1.165, 1.54) is 7.11 Å². The molecule has 8 heteroatoms. The predicted octanol–water partition coefficient (Wildman–Crippen LogP) is 2.26. The van der Waals surface area contributed by atoms with Gasteiger partial charge in [0.15, 0.2) is 0 Å². The predicted molar refractivity (Wildman–Crippen MR) is 112 cm³/mol. The van der Waals surface area contributed by atoms with Crippen molar-refractivity contribution in [2.45, 2.75) is 25.9 Å². The zero-order chi connectivity index (χ0) is 21.7. The number of hydrogen-bond acceptors (Lipinski definition) is 5. The summed E-state index contributed by atoms with van der Waals surface area (Å²) in [7, 11) is 2.85. The summed E-state index contributed by atoms with van der Waals surface area (Å²) in [6.07, 6.45) is 0.780. The molecule has 3 amide bonds. The Morgan fingerprint density at radius 3 is 2.50 bits per heavy atom. The Morgan fingerprint density at radius 2 is 1.83 bits per heavy atom. The fourth-order valence-corrected chi connectivity index (χ4v) is 3.30. The second kappa shape index (κ2) is 9.30. The van der Waals surface area contributed by atoms with Crippen LogP contribution in [0.5, 0.6) is 5.75 Å². The quantitative estimate of drug-likeness (QED) is 0.711. The number of fused-ring (bicyclic) bond motifs is 1. The number of carbonyl (C=O) groups excluding carboxylic acids is 3. The second-order valence-corrected chi connectivity index (χ2v) is 6.97. The van der Waals surface area contributed by atoms with Crippen LogP contribution in [0.4, 0.5) is 10.5 Å². The van der Waals surface area contributed by atoms with Gasteiger partial charge in [0, 0.05) is 24.3 Å². The van der Waals surface area contributed by atoms with Crippen molar-refractivity contribution in [1.29, 1.82) is 0 Å². The first-order chi connectivity index (χ1) is 14.4. The van der Waals surface area contributed by atoms with Crippen LogP contribution < -0.4 is 20.3 Å². The molecule has 3 rings (SSSR count). The molecule has 1 heterocycles. The first-order valence-corrected chi connectivity index (χ1v) is 9.63. The van der Waals surface area contributed by atoms with Crippen LogP contribution in [0, 0.1) is 0 Å². The topological polar surface area (TPSA) is 97.0 Å². The summed E-state index contributed by atoms with van der Waals surface area (Å²) in [5, 5.41) is 5.22. The van der Waals surface area contributed by atoms with Crippen molar-refractivity contribution >= 4 is 23.6 Å². The van der Waals surface area contributed by atoms with Crippen molar-refractivity contribution < 1.29 is 23.9 Å². The molecule has 2 N–H and O–H groups in total. The number of methoxy groups -OCH3 is 2. The number of ether oxygens (including phenoxy) is 2. The number of nitrogens with one attached hydrogen (secondary N) is 2. The van der Waals surface area contributed by atoms with Gasteiger partial charge in [-0.3, -0.25) is 4.79 Å². The molecule has 1 atom stereocenters. The Hall–Kier alpha value is -3.55. The van der Waals surface area contributed by atoms with Crippen molar-refractivity contribution in [3.63, 3.8) is 0 Å². The fourth-order valence-electron chi connectivity index (χ4n) is 3.30.